The quantitative estimate of drug-likeness (QED) is 0.240. The van der Waals surface area contributed by atoms with Crippen LogP contribution in [0, 0.1) is 29.6 Å². The second kappa shape index (κ2) is 13.2. The lowest BCUT2D eigenvalue weighted by atomic mass is 9.53. The first-order valence-corrected chi connectivity index (χ1v) is 16.0. The van der Waals surface area contributed by atoms with Crippen molar-refractivity contribution in [1.29, 1.82) is 0 Å². The highest BCUT2D eigenvalue weighted by atomic mass is 16.7. The fraction of sp³-hybridized carbons (Fsp3) is 0.629. The predicted molar refractivity (Wildman–Crippen MR) is 162 cm³/mol. The van der Waals surface area contributed by atoms with E-state index < -0.39 is 60.2 Å². The monoisotopic (exact) mass is 654 g/mol. The molecule has 3 fully saturated rings. The highest BCUT2D eigenvalue weighted by molar-refractivity contribution is 5.77. The third-order valence-electron chi connectivity index (χ3n) is 10.5. The summed E-state index contributed by atoms with van der Waals surface area (Å²) < 4.78 is 39.1. The molecular weight excluding hydrogens is 612 g/mol. The van der Waals surface area contributed by atoms with E-state index in [2.05, 4.69) is 12.8 Å². The second-order valence-corrected chi connectivity index (χ2v) is 13.1. The van der Waals surface area contributed by atoms with Crippen LogP contribution in [0.15, 0.2) is 18.2 Å². The first-order valence-electron chi connectivity index (χ1n) is 16.0. The second-order valence-electron chi connectivity index (χ2n) is 13.1. The maximum atomic E-state index is 12.8. The van der Waals surface area contributed by atoms with Crippen LogP contribution >= 0.6 is 0 Å². The zero-order chi connectivity index (χ0) is 34.3. The van der Waals surface area contributed by atoms with Gasteiger partial charge in [0.25, 0.3) is 0 Å². The molecule has 3 unspecified atom stereocenters. The van der Waals surface area contributed by atoms with Gasteiger partial charge in [0, 0.05) is 33.1 Å². The summed E-state index contributed by atoms with van der Waals surface area (Å²) in [6.07, 6.45) is 3.68. The summed E-state index contributed by atoms with van der Waals surface area (Å²) in [7, 11) is 1.13. The Balaban J connectivity index is 1.42. The van der Waals surface area contributed by atoms with E-state index in [0.717, 1.165) is 65.5 Å². The summed E-state index contributed by atoms with van der Waals surface area (Å²) in [4.78, 5) is 61.1. The van der Waals surface area contributed by atoms with Gasteiger partial charge in [0.1, 0.15) is 5.75 Å². The average Bonchev–Trinajstić information content (AvgIpc) is 3.30. The molecule has 47 heavy (non-hydrogen) atoms. The summed E-state index contributed by atoms with van der Waals surface area (Å²) in [5.74, 6) is 0.676. The molecule has 10 atom stereocenters. The Morgan fingerprint density at radius 3 is 2.15 bits per heavy atom. The third-order valence-corrected chi connectivity index (χ3v) is 10.5. The number of aryl methyl sites for hydroxylation is 1. The van der Waals surface area contributed by atoms with Crippen molar-refractivity contribution < 1.29 is 57.1 Å². The van der Waals surface area contributed by atoms with Crippen molar-refractivity contribution in [2.45, 2.75) is 115 Å². The van der Waals surface area contributed by atoms with Crippen molar-refractivity contribution in [3.05, 3.63) is 29.3 Å². The highest BCUT2D eigenvalue weighted by Crippen LogP contribution is 2.65. The Morgan fingerprint density at radius 1 is 0.872 bits per heavy atom. The van der Waals surface area contributed by atoms with Gasteiger partial charge in [-0.1, -0.05) is 18.9 Å². The van der Waals surface area contributed by atoms with Crippen molar-refractivity contribution in [1.82, 2.24) is 0 Å². The largest absolute Gasteiger partial charge is 0.467 e. The van der Waals surface area contributed by atoms with Gasteiger partial charge in [0.2, 0.25) is 12.4 Å². The minimum absolute atomic E-state index is 0.290. The number of rotatable bonds is 7. The first-order chi connectivity index (χ1) is 22.2. The molecule has 0 bridgehead atoms. The number of benzene rings is 1. The molecule has 1 aromatic rings. The van der Waals surface area contributed by atoms with Crippen molar-refractivity contribution >= 4 is 29.8 Å². The number of carbonyl (C=O) groups excluding carboxylic acids is 5. The van der Waals surface area contributed by atoms with Gasteiger partial charge in [-0.2, -0.15) is 0 Å². The van der Waals surface area contributed by atoms with E-state index in [0.29, 0.717) is 24.0 Å². The van der Waals surface area contributed by atoms with E-state index in [-0.39, 0.29) is 17.3 Å². The first kappa shape index (κ1) is 34.2. The van der Waals surface area contributed by atoms with Crippen LogP contribution in [0.5, 0.6) is 5.75 Å². The molecule has 5 rings (SSSR count). The number of esters is 5. The van der Waals surface area contributed by atoms with Crippen LogP contribution < -0.4 is 4.74 Å². The number of ether oxygens (including phenoxy) is 7. The van der Waals surface area contributed by atoms with Crippen LogP contribution in [0.3, 0.4) is 0 Å². The summed E-state index contributed by atoms with van der Waals surface area (Å²) >= 11 is 0. The zero-order valence-electron chi connectivity index (χ0n) is 27.6. The van der Waals surface area contributed by atoms with E-state index in [9.17, 15) is 24.0 Å². The Kier molecular flexibility index (Phi) is 9.60. The van der Waals surface area contributed by atoms with E-state index >= 15 is 0 Å². The van der Waals surface area contributed by atoms with Gasteiger partial charge < -0.3 is 33.2 Å². The molecule has 0 aromatic heterocycles. The molecule has 12 nitrogen and oxygen atoms in total. The van der Waals surface area contributed by atoms with Crippen molar-refractivity contribution in [2.24, 2.45) is 17.3 Å². The maximum absolute atomic E-state index is 12.8. The molecule has 1 aromatic carbocycles. The van der Waals surface area contributed by atoms with Gasteiger partial charge in [-0.25, -0.2) is 4.79 Å². The molecule has 0 radical (unpaired) electrons. The fourth-order valence-corrected chi connectivity index (χ4v) is 8.62. The van der Waals surface area contributed by atoms with Gasteiger partial charge in [-0.3, -0.25) is 19.2 Å². The smallest absolute Gasteiger partial charge is 0.339 e. The SMILES string of the molecule is C#C[C@]1(OC(C)=O)CC[C@@H]2[C@@H]3CCc4cc(O[C@@H]5OC(C(=O)OC)[C@H](OC(C)=O)C(OC(C)=O)C5OC(C)=O)ccc4[C@@H]3CC[C@@]21C. The predicted octanol–water partition coefficient (Wildman–Crippen LogP) is 3.55. The van der Waals surface area contributed by atoms with Crippen LogP contribution in [0.1, 0.15) is 83.8 Å². The lowest BCUT2D eigenvalue weighted by Crippen LogP contribution is -2.64. The molecule has 0 spiro atoms. The van der Waals surface area contributed by atoms with Gasteiger partial charge >= 0.3 is 29.8 Å². The molecule has 3 aliphatic carbocycles. The standard InChI is InChI=1S/C35H42O12/c1-8-35(47-21(5)39)16-14-27-26-11-9-22-17-23(10-12-24(22)25(26)13-15-34(27,35)6)45-33-31(44-20(4)38)29(43-19(3)37)28(42-18(2)36)30(46-33)32(40)41-7/h1,10,12,17,25-31,33H,9,11,13-16H2,2-7H3/t25-,26+,27+,28+,29?,30?,31?,33+,34-,35-/m0/s1. The Bertz CT molecular complexity index is 1480. The lowest BCUT2D eigenvalue weighted by molar-refractivity contribution is -0.282. The van der Waals surface area contributed by atoms with Crippen LogP contribution in [0.25, 0.3) is 0 Å². The number of fused-ring (bicyclic) bond motifs is 5. The molecule has 2 saturated carbocycles. The van der Waals surface area contributed by atoms with Crippen molar-refractivity contribution in [3.63, 3.8) is 0 Å². The van der Waals surface area contributed by atoms with Crippen LogP contribution in [0.2, 0.25) is 0 Å². The van der Waals surface area contributed by atoms with E-state index in [1.54, 1.807) is 6.07 Å². The van der Waals surface area contributed by atoms with Gasteiger partial charge in [0.05, 0.1) is 7.11 Å². The summed E-state index contributed by atoms with van der Waals surface area (Å²) in [6, 6.07) is 5.71. The zero-order valence-corrected chi connectivity index (χ0v) is 27.6. The van der Waals surface area contributed by atoms with E-state index in [4.69, 9.17) is 39.6 Å². The molecule has 0 amide bonds. The minimum atomic E-state index is -1.55. The molecule has 254 valence electrons. The Labute approximate surface area is 274 Å². The van der Waals surface area contributed by atoms with Crippen molar-refractivity contribution in [2.75, 3.05) is 7.11 Å². The average molecular weight is 655 g/mol. The number of hydrogen-bond acceptors (Lipinski definition) is 12. The van der Waals surface area contributed by atoms with Gasteiger partial charge in [-0.05, 0) is 79.5 Å². The van der Waals surface area contributed by atoms with Crippen LogP contribution in [0.4, 0.5) is 0 Å². The third kappa shape index (κ3) is 6.30. The van der Waals surface area contributed by atoms with E-state index in [1.165, 1.54) is 12.5 Å². The molecular formula is C35H42O12. The molecule has 1 saturated heterocycles. The molecule has 0 N–H and O–H groups in total. The topological polar surface area (TPSA) is 150 Å². The highest BCUT2D eigenvalue weighted by Gasteiger charge is 2.63. The Hall–Kier alpha value is -4.11. The van der Waals surface area contributed by atoms with Crippen molar-refractivity contribution in [3.8, 4) is 18.1 Å². The molecule has 1 aliphatic heterocycles. The lowest BCUT2D eigenvalue weighted by Gasteiger charge is -2.52. The maximum Gasteiger partial charge on any atom is 0.339 e. The Morgan fingerprint density at radius 2 is 1.53 bits per heavy atom. The number of methoxy groups -OCH3 is 1. The van der Waals surface area contributed by atoms with Gasteiger partial charge in [0.15, 0.2) is 23.9 Å². The summed E-state index contributed by atoms with van der Waals surface area (Å²) in [5.41, 5.74) is 1.10. The summed E-state index contributed by atoms with van der Waals surface area (Å²) in [6.45, 7) is 6.99. The van der Waals surface area contributed by atoms with Gasteiger partial charge in [-0.15, -0.1) is 6.42 Å². The van der Waals surface area contributed by atoms with E-state index in [1.807, 2.05) is 12.1 Å². The number of hydrogen-bond donors (Lipinski definition) is 0. The number of terminal acetylenes is 1. The van der Waals surface area contributed by atoms with Crippen LogP contribution in [-0.2, 0) is 58.8 Å². The summed E-state index contributed by atoms with van der Waals surface area (Å²) in [5, 5.41) is 0. The molecule has 4 aliphatic rings. The molecule has 1 heterocycles. The van der Waals surface area contributed by atoms with Crippen LogP contribution in [-0.4, -0.2) is 73.3 Å². The molecule has 12 heteroatoms. The fourth-order valence-electron chi connectivity index (χ4n) is 8.62. The normalized spacial score (nSPS) is 35.4. The minimum Gasteiger partial charge on any atom is -0.467 e. The number of carbonyl (C=O) groups is 5.